The van der Waals surface area contributed by atoms with Gasteiger partial charge in [0.1, 0.15) is 5.75 Å². The first-order valence-electron chi connectivity index (χ1n) is 9.07. The fraction of sp³-hybridized carbons (Fsp3) is 0.227. The highest BCUT2D eigenvalue weighted by molar-refractivity contribution is 5.76. The summed E-state index contributed by atoms with van der Waals surface area (Å²) in [6.45, 7) is 0.943. The summed E-state index contributed by atoms with van der Waals surface area (Å²) in [5.41, 5.74) is 2.27. The van der Waals surface area contributed by atoms with E-state index in [-0.39, 0.29) is 11.9 Å². The fourth-order valence-electron chi connectivity index (χ4n) is 2.98. The molecule has 0 unspecified atom stereocenters. The number of nitrogens with one attached hydrogen (secondary N) is 1. The zero-order valence-electron chi connectivity index (χ0n) is 15.4. The molecule has 1 amide bonds. The van der Waals surface area contributed by atoms with Gasteiger partial charge in [-0.25, -0.2) is 0 Å². The van der Waals surface area contributed by atoms with Crippen LogP contribution in [0.3, 0.4) is 0 Å². The first-order valence-corrected chi connectivity index (χ1v) is 9.07. The van der Waals surface area contributed by atoms with E-state index >= 15 is 0 Å². The van der Waals surface area contributed by atoms with Gasteiger partial charge in [0.25, 0.3) is 5.91 Å². The minimum Gasteiger partial charge on any atom is -0.497 e. The van der Waals surface area contributed by atoms with Gasteiger partial charge in [-0.1, -0.05) is 42.5 Å². The summed E-state index contributed by atoms with van der Waals surface area (Å²) in [5.74, 6) is 1.69. The number of amides is 1. The first-order chi connectivity index (χ1) is 13.3. The normalized spacial score (nSPS) is 11.7. The van der Waals surface area contributed by atoms with E-state index < -0.39 is 0 Å². The Hall–Kier alpha value is -3.05. The predicted molar refractivity (Wildman–Crippen MR) is 103 cm³/mol. The Morgan fingerprint density at radius 3 is 2.52 bits per heavy atom. The number of hydrogen-bond acceptors (Lipinski definition) is 3. The van der Waals surface area contributed by atoms with Crippen LogP contribution in [0.1, 0.15) is 22.9 Å². The molecule has 1 aromatic heterocycles. The number of benzene rings is 2. The van der Waals surface area contributed by atoms with E-state index in [1.54, 1.807) is 13.4 Å². The molecule has 3 aromatic rings. The maximum absolute atomic E-state index is 12.2. The molecule has 0 aliphatic rings. The second kappa shape index (κ2) is 9.59. The Kier molecular flexibility index (Phi) is 6.66. The highest BCUT2D eigenvalue weighted by atomic mass is 16.5. The van der Waals surface area contributed by atoms with Crippen molar-refractivity contribution in [3.05, 3.63) is 89.9 Å². The summed E-state index contributed by atoms with van der Waals surface area (Å²) in [7, 11) is 1.65. The van der Waals surface area contributed by atoms with Gasteiger partial charge in [0.2, 0.25) is 0 Å². The van der Waals surface area contributed by atoms with Crippen LogP contribution in [0.15, 0.2) is 77.4 Å². The molecule has 5 nitrogen and oxygen atoms in total. The smallest absolute Gasteiger partial charge is 0.275 e. The van der Waals surface area contributed by atoms with Crippen molar-refractivity contribution in [2.45, 2.75) is 12.5 Å². The van der Waals surface area contributed by atoms with Crippen LogP contribution in [0.2, 0.25) is 0 Å². The summed E-state index contributed by atoms with van der Waals surface area (Å²) in [6, 6.07) is 21.7. The highest BCUT2D eigenvalue weighted by Gasteiger charge is 2.21. The van der Waals surface area contributed by atoms with Gasteiger partial charge in [-0.15, -0.1) is 0 Å². The molecule has 3 rings (SSSR count). The topological polar surface area (TPSA) is 68.1 Å². The van der Waals surface area contributed by atoms with Crippen LogP contribution in [0.25, 0.3) is 0 Å². The molecule has 1 atom stereocenters. The van der Waals surface area contributed by atoms with Gasteiger partial charge in [0.15, 0.2) is 18.3 Å². The summed E-state index contributed by atoms with van der Waals surface area (Å²) in [4.78, 5) is 12.2. The molecular formula is C22H25N2O3+. The monoisotopic (exact) mass is 365 g/mol. The van der Waals surface area contributed by atoms with E-state index in [0.717, 1.165) is 29.1 Å². The van der Waals surface area contributed by atoms with Crippen LogP contribution in [-0.4, -0.2) is 26.1 Å². The Morgan fingerprint density at radius 2 is 1.85 bits per heavy atom. The molecular weight excluding hydrogens is 340 g/mol. The van der Waals surface area contributed by atoms with Crippen LogP contribution in [-0.2, 0) is 11.2 Å². The number of hydrogen-bond donors (Lipinski definition) is 2. The largest absolute Gasteiger partial charge is 0.497 e. The summed E-state index contributed by atoms with van der Waals surface area (Å²) < 4.78 is 10.7. The van der Waals surface area contributed by atoms with Gasteiger partial charge >= 0.3 is 0 Å². The fourth-order valence-corrected chi connectivity index (χ4v) is 2.98. The molecule has 0 saturated heterocycles. The third kappa shape index (κ3) is 5.46. The lowest BCUT2D eigenvalue weighted by Gasteiger charge is -2.14. The number of ether oxygens (including phenoxy) is 1. The molecule has 0 bridgehead atoms. The lowest BCUT2D eigenvalue weighted by molar-refractivity contribution is -0.678. The lowest BCUT2D eigenvalue weighted by Crippen LogP contribution is -2.87. The first kappa shape index (κ1) is 18.7. The van der Waals surface area contributed by atoms with E-state index in [2.05, 4.69) is 5.32 Å². The van der Waals surface area contributed by atoms with E-state index in [1.165, 1.54) is 0 Å². The molecule has 5 heteroatoms. The summed E-state index contributed by atoms with van der Waals surface area (Å²) >= 11 is 0. The molecule has 140 valence electrons. The third-order valence-electron chi connectivity index (χ3n) is 4.44. The zero-order valence-corrected chi connectivity index (χ0v) is 15.4. The molecule has 3 N–H and O–H groups in total. The van der Waals surface area contributed by atoms with E-state index in [4.69, 9.17) is 9.15 Å². The van der Waals surface area contributed by atoms with Gasteiger partial charge in [-0.2, -0.15) is 0 Å². The number of furan rings is 1. The standard InChI is InChI=1S/C22H24N2O3/c1-26-19-11-9-17(10-12-19)13-14-23-21(25)16-24-22(20-8-5-15-27-20)18-6-3-2-4-7-18/h2-12,15,22,24H,13-14,16H2,1H3,(H,23,25)/p+1/t22-/m0/s1. The van der Waals surface area contributed by atoms with Crippen LogP contribution in [0, 0.1) is 0 Å². The number of carbonyl (C=O) groups is 1. The molecule has 0 aliphatic carbocycles. The third-order valence-corrected chi connectivity index (χ3v) is 4.44. The van der Waals surface area contributed by atoms with E-state index in [9.17, 15) is 4.79 Å². The predicted octanol–water partition coefficient (Wildman–Crippen LogP) is 2.30. The molecule has 2 aromatic carbocycles. The van der Waals surface area contributed by atoms with Gasteiger partial charge in [-0.3, -0.25) is 4.79 Å². The second-order valence-electron chi connectivity index (χ2n) is 6.29. The molecule has 0 fully saturated rings. The molecule has 1 heterocycles. The van der Waals surface area contributed by atoms with Gasteiger partial charge in [-0.05, 0) is 36.2 Å². The maximum atomic E-state index is 12.2. The average molecular weight is 365 g/mol. The molecule has 0 radical (unpaired) electrons. The molecule has 27 heavy (non-hydrogen) atoms. The number of methoxy groups -OCH3 is 1. The van der Waals surface area contributed by atoms with E-state index in [0.29, 0.717) is 13.1 Å². The Balaban J connectivity index is 1.49. The van der Waals surface area contributed by atoms with Crippen LogP contribution in [0.5, 0.6) is 5.75 Å². The zero-order chi connectivity index (χ0) is 18.9. The summed E-state index contributed by atoms with van der Waals surface area (Å²) in [5, 5.41) is 4.98. The molecule has 0 aliphatic heterocycles. The van der Waals surface area contributed by atoms with Crippen molar-refractivity contribution < 1.29 is 19.3 Å². The lowest BCUT2D eigenvalue weighted by atomic mass is 10.0. The van der Waals surface area contributed by atoms with Crippen LogP contribution >= 0.6 is 0 Å². The SMILES string of the molecule is COc1ccc(CCNC(=O)C[NH2+][C@@H](c2ccccc2)c2ccco2)cc1. The van der Waals surface area contributed by atoms with Crippen LogP contribution < -0.4 is 15.4 Å². The highest BCUT2D eigenvalue weighted by Crippen LogP contribution is 2.18. The Labute approximate surface area is 159 Å². The average Bonchev–Trinajstić information content (AvgIpc) is 3.24. The van der Waals surface area contributed by atoms with E-state index in [1.807, 2.05) is 72.0 Å². The number of carbonyl (C=O) groups excluding carboxylic acids is 1. The molecule has 0 saturated carbocycles. The van der Waals surface area contributed by atoms with Crippen molar-refractivity contribution in [3.8, 4) is 5.75 Å². The Morgan fingerprint density at radius 1 is 1.07 bits per heavy atom. The van der Waals surface area contributed by atoms with Crippen molar-refractivity contribution in [1.29, 1.82) is 0 Å². The molecule has 0 spiro atoms. The second-order valence-corrected chi connectivity index (χ2v) is 6.29. The quantitative estimate of drug-likeness (QED) is 0.611. The van der Waals surface area contributed by atoms with Crippen molar-refractivity contribution in [1.82, 2.24) is 5.32 Å². The van der Waals surface area contributed by atoms with Crippen molar-refractivity contribution >= 4 is 5.91 Å². The van der Waals surface area contributed by atoms with Crippen molar-refractivity contribution in [2.75, 3.05) is 20.2 Å². The number of nitrogens with two attached hydrogens (primary N) is 1. The van der Waals surface area contributed by atoms with Gasteiger partial charge in [0, 0.05) is 12.1 Å². The van der Waals surface area contributed by atoms with Gasteiger partial charge in [0.05, 0.1) is 13.4 Å². The van der Waals surface area contributed by atoms with Crippen LogP contribution in [0.4, 0.5) is 0 Å². The minimum atomic E-state index is -0.0338. The maximum Gasteiger partial charge on any atom is 0.275 e. The number of rotatable bonds is 9. The number of quaternary nitrogens is 1. The van der Waals surface area contributed by atoms with Gasteiger partial charge < -0.3 is 19.8 Å². The van der Waals surface area contributed by atoms with Crippen molar-refractivity contribution in [2.24, 2.45) is 0 Å². The van der Waals surface area contributed by atoms with Crippen molar-refractivity contribution in [3.63, 3.8) is 0 Å². The summed E-state index contributed by atoms with van der Waals surface area (Å²) in [6.07, 6.45) is 2.45. The Bertz CT molecular complexity index is 815. The minimum absolute atomic E-state index is 0.0102.